The van der Waals surface area contributed by atoms with Crippen molar-refractivity contribution in [3.8, 4) is 0 Å². The summed E-state index contributed by atoms with van der Waals surface area (Å²) in [6.07, 6.45) is 1.44. The van der Waals surface area contributed by atoms with Gasteiger partial charge in [-0.3, -0.25) is 9.59 Å². The third-order valence-electron chi connectivity index (χ3n) is 3.65. The normalized spacial score (nSPS) is 10.5. The lowest BCUT2D eigenvalue weighted by atomic mass is 10.2. The lowest BCUT2D eigenvalue weighted by Crippen LogP contribution is -2.24. The molecule has 24 heavy (non-hydrogen) atoms. The Bertz CT molecular complexity index is 708. The van der Waals surface area contributed by atoms with Crippen molar-refractivity contribution in [3.05, 3.63) is 51.2 Å². The van der Waals surface area contributed by atoms with Gasteiger partial charge in [-0.05, 0) is 55.7 Å². The first-order valence-electron chi connectivity index (χ1n) is 7.95. The molecule has 0 saturated carbocycles. The van der Waals surface area contributed by atoms with E-state index >= 15 is 0 Å². The van der Waals surface area contributed by atoms with Crippen molar-refractivity contribution in [1.29, 1.82) is 0 Å². The number of aryl methyl sites for hydroxylation is 2. The van der Waals surface area contributed by atoms with Crippen LogP contribution in [0.25, 0.3) is 0 Å². The number of rotatable bonds is 7. The lowest BCUT2D eigenvalue weighted by Gasteiger charge is -2.06. The van der Waals surface area contributed by atoms with Crippen LogP contribution in [0.2, 0.25) is 0 Å². The summed E-state index contributed by atoms with van der Waals surface area (Å²) in [7, 11) is 0. The Hall–Kier alpha value is -2.18. The van der Waals surface area contributed by atoms with E-state index in [1.807, 2.05) is 13.0 Å². The average molecular weight is 346 g/mol. The maximum atomic E-state index is 12.3. The molecule has 1 aromatic heterocycles. The Morgan fingerprint density at radius 3 is 2.46 bits per heavy atom. The molecule has 2 rings (SSSR count). The number of carbonyl (C=O) groups is 2. The van der Waals surface area contributed by atoms with Gasteiger partial charge in [0.1, 0.15) is 0 Å². The molecule has 2 amide bonds. The average Bonchev–Trinajstić information content (AvgIpc) is 2.96. The Morgan fingerprint density at radius 2 is 1.88 bits per heavy atom. The summed E-state index contributed by atoms with van der Waals surface area (Å²) < 4.78 is 0. The smallest absolute Gasteiger partial charge is 0.265 e. The highest BCUT2D eigenvalue weighted by Crippen LogP contribution is 2.23. The maximum Gasteiger partial charge on any atom is 0.265 e. The molecule has 3 N–H and O–H groups in total. The minimum Gasteiger partial charge on any atom is -0.396 e. The van der Waals surface area contributed by atoms with E-state index in [1.165, 1.54) is 16.9 Å². The summed E-state index contributed by atoms with van der Waals surface area (Å²) in [5, 5.41) is 14.3. The molecule has 128 valence electrons. The molecule has 0 radical (unpaired) electrons. The first-order valence-corrected chi connectivity index (χ1v) is 8.76. The third-order valence-corrected chi connectivity index (χ3v) is 4.74. The quantitative estimate of drug-likeness (QED) is 0.675. The van der Waals surface area contributed by atoms with E-state index in [0.29, 0.717) is 29.1 Å². The standard InChI is InChI=1S/C18H22N2O3S/c1-3-13-11-16(24-12(13)2)18(23)20-15-7-5-14(6-8-15)17(22)19-9-4-10-21/h5-8,11,21H,3-4,9-10H2,1-2H3,(H,19,22)(H,20,23). The van der Waals surface area contributed by atoms with Crippen LogP contribution in [-0.2, 0) is 6.42 Å². The highest BCUT2D eigenvalue weighted by atomic mass is 32.1. The van der Waals surface area contributed by atoms with Gasteiger partial charge in [0.15, 0.2) is 0 Å². The molecule has 1 aromatic carbocycles. The highest BCUT2D eigenvalue weighted by Gasteiger charge is 2.12. The van der Waals surface area contributed by atoms with E-state index in [1.54, 1.807) is 24.3 Å². The molecule has 0 aliphatic heterocycles. The fraction of sp³-hybridized carbons (Fsp3) is 0.333. The number of aliphatic hydroxyl groups is 1. The maximum absolute atomic E-state index is 12.3. The van der Waals surface area contributed by atoms with Gasteiger partial charge >= 0.3 is 0 Å². The lowest BCUT2D eigenvalue weighted by molar-refractivity contribution is 0.0950. The zero-order valence-corrected chi connectivity index (χ0v) is 14.7. The van der Waals surface area contributed by atoms with Gasteiger partial charge in [0.2, 0.25) is 0 Å². The second-order valence-corrected chi connectivity index (χ2v) is 6.67. The van der Waals surface area contributed by atoms with Crippen molar-refractivity contribution in [1.82, 2.24) is 5.32 Å². The number of hydrogen-bond donors (Lipinski definition) is 3. The predicted octanol–water partition coefficient (Wildman–Crippen LogP) is 2.98. The zero-order chi connectivity index (χ0) is 17.5. The number of benzene rings is 1. The number of carbonyl (C=O) groups excluding carboxylic acids is 2. The zero-order valence-electron chi connectivity index (χ0n) is 13.9. The monoisotopic (exact) mass is 346 g/mol. The van der Waals surface area contributed by atoms with Gasteiger partial charge < -0.3 is 15.7 Å². The Kier molecular flexibility index (Phi) is 6.52. The fourth-order valence-corrected chi connectivity index (χ4v) is 3.27. The van der Waals surface area contributed by atoms with Crippen LogP contribution in [0.15, 0.2) is 30.3 Å². The number of hydrogen-bond acceptors (Lipinski definition) is 4. The van der Waals surface area contributed by atoms with Crippen molar-refractivity contribution in [2.45, 2.75) is 26.7 Å². The molecule has 1 heterocycles. The summed E-state index contributed by atoms with van der Waals surface area (Å²) in [6, 6.07) is 8.68. The molecule has 2 aromatic rings. The van der Waals surface area contributed by atoms with Crippen LogP contribution in [0.4, 0.5) is 5.69 Å². The minimum absolute atomic E-state index is 0.0488. The fourth-order valence-electron chi connectivity index (χ4n) is 2.26. The number of anilines is 1. The van der Waals surface area contributed by atoms with Gasteiger partial charge in [-0.15, -0.1) is 11.3 Å². The summed E-state index contributed by atoms with van der Waals surface area (Å²) in [4.78, 5) is 26.0. The van der Waals surface area contributed by atoms with Crippen molar-refractivity contribution < 1.29 is 14.7 Å². The van der Waals surface area contributed by atoms with Crippen molar-refractivity contribution in [2.75, 3.05) is 18.5 Å². The van der Waals surface area contributed by atoms with Crippen LogP contribution < -0.4 is 10.6 Å². The van der Waals surface area contributed by atoms with E-state index < -0.39 is 0 Å². The molecule has 0 fully saturated rings. The van der Waals surface area contributed by atoms with Crippen LogP contribution in [0.1, 0.15) is 43.8 Å². The van der Waals surface area contributed by atoms with Crippen LogP contribution in [0, 0.1) is 6.92 Å². The van der Waals surface area contributed by atoms with E-state index in [2.05, 4.69) is 17.6 Å². The SMILES string of the molecule is CCc1cc(C(=O)Nc2ccc(C(=O)NCCCO)cc2)sc1C. The molecular weight excluding hydrogens is 324 g/mol. The van der Waals surface area contributed by atoms with Crippen LogP contribution in [0.3, 0.4) is 0 Å². The second kappa shape index (κ2) is 8.61. The second-order valence-electron chi connectivity index (χ2n) is 5.41. The number of amides is 2. The van der Waals surface area contributed by atoms with Crippen molar-refractivity contribution in [2.24, 2.45) is 0 Å². The topological polar surface area (TPSA) is 78.4 Å². The molecule has 0 spiro atoms. The van der Waals surface area contributed by atoms with Crippen LogP contribution >= 0.6 is 11.3 Å². The third kappa shape index (κ3) is 4.66. The molecule has 0 atom stereocenters. The largest absolute Gasteiger partial charge is 0.396 e. The molecule has 0 unspecified atom stereocenters. The molecule has 0 bridgehead atoms. The van der Waals surface area contributed by atoms with Gasteiger partial charge in [0.25, 0.3) is 11.8 Å². The molecule has 0 saturated heterocycles. The highest BCUT2D eigenvalue weighted by molar-refractivity contribution is 7.14. The first-order chi connectivity index (χ1) is 11.5. The Balaban J connectivity index is 1.97. The van der Waals surface area contributed by atoms with Gasteiger partial charge in [0, 0.05) is 29.3 Å². The van der Waals surface area contributed by atoms with Crippen LogP contribution in [0.5, 0.6) is 0 Å². The van der Waals surface area contributed by atoms with Gasteiger partial charge in [-0.2, -0.15) is 0 Å². The minimum atomic E-state index is -0.192. The van der Waals surface area contributed by atoms with Crippen molar-refractivity contribution in [3.63, 3.8) is 0 Å². The summed E-state index contributed by atoms with van der Waals surface area (Å²) >= 11 is 1.49. The Morgan fingerprint density at radius 1 is 1.17 bits per heavy atom. The first kappa shape index (κ1) is 18.2. The van der Waals surface area contributed by atoms with E-state index in [0.717, 1.165) is 11.3 Å². The van der Waals surface area contributed by atoms with Gasteiger partial charge in [-0.1, -0.05) is 6.92 Å². The Labute approximate surface area is 145 Å². The molecule has 0 aliphatic carbocycles. The number of thiophene rings is 1. The van der Waals surface area contributed by atoms with E-state index in [-0.39, 0.29) is 18.4 Å². The number of nitrogens with one attached hydrogen (secondary N) is 2. The number of aliphatic hydroxyl groups excluding tert-OH is 1. The molecular formula is C18H22N2O3S. The van der Waals surface area contributed by atoms with E-state index in [4.69, 9.17) is 5.11 Å². The molecule has 5 nitrogen and oxygen atoms in total. The molecule has 6 heteroatoms. The molecule has 0 aliphatic rings. The van der Waals surface area contributed by atoms with E-state index in [9.17, 15) is 9.59 Å². The van der Waals surface area contributed by atoms with Crippen LogP contribution in [-0.4, -0.2) is 30.1 Å². The van der Waals surface area contributed by atoms with Gasteiger partial charge in [-0.25, -0.2) is 0 Å². The van der Waals surface area contributed by atoms with Gasteiger partial charge in [0.05, 0.1) is 4.88 Å². The summed E-state index contributed by atoms with van der Waals surface area (Å²) in [5.41, 5.74) is 2.36. The summed E-state index contributed by atoms with van der Waals surface area (Å²) in [6.45, 7) is 4.57. The predicted molar refractivity (Wildman–Crippen MR) is 96.9 cm³/mol. The summed E-state index contributed by atoms with van der Waals surface area (Å²) in [5.74, 6) is -0.328. The van der Waals surface area contributed by atoms with Crippen molar-refractivity contribution >= 4 is 28.8 Å².